The second-order valence-corrected chi connectivity index (χ2v) is 7.26. The van der Waals surface area contributed by atoms with Gasteiger partial charge in [0.1, 0.15) is 0 Å². The first kappa shape index (κ1) is 25.0. The van der Waals surface area contributed by atoms with E-state index in [0.717, 1.165) is 30.9 Å². The predicted molar refractivity (Wildman–Crippen MR) is 120 cm³/mol. The zero-order chi connectivity index (χ0) is 19.8. The first-order valence-electron chi connectivity index (χ1n) is 9.59. The van der Waals surface area contributed by atoms with Crippen LogP contribution in [0.1, 0.15) is 31.4 Å². The Balaban J connectivity index is 0.00000392. The number of piperidine rings is 1. The Bertz CT molecular complexity index is 586. The van der Waals surface area contributed by atoms with Crippen LogP contribution in [-0.2, 0) is 7.05 Å². The number of nitrogens with one attached hydrogen (secondary N) is 2. The highest BCUT2D eigenvalue weighted by molar-refractivity contribution is 14.0. The van der Waals surface area contributed by atoms with Gasteiger partial charge in [0.2, 0.25) is 0 Å². The summed E-state index contributed by atoms with van der Waals surface area (Å²) < 4.78 is 26.8. The zero-order valence-corrected chi connectivity index (χ0v) is 19.6. The summed E-state index contributed by atoms with van der Waals surface area (Å²) >= 11 is 0. The summed E-state index contributed by atoms with van der Waals surface area (Å²) in [7, 11) is 5.98. The maximum Gasteiger partial charge on any atom is 0.251 e. The molecule has 0 radical (unpaired) electrons. The average molecular weight is 513 g/mol. The molecule has 0 amide bonds. The van der Waals surface area contributed by atoms with Gasteiger partial charge in [-0.15, -0.1) is 24.0 Å². The number of rotatable bonds is 8. The average Bonchev–Trinajstić information content (AvgIpc) is 3.02. The number of likely N-dealkylation sites (tertiary alicyclic amines) is 1. The summed E-state index contributed by atoms with van der Waals surface area (Å²) in [5, 5.41) is 11.0. The Kier molecular flexibility index (Phi) is 11.2. The molecular weight excluding hydrogens is 479 g/mol. The molecule has 28 heavy (non-hydrogen) atoms. The van der Waals surface area contributed by atoms with Crippen LogP contribution >= 0.6 is 24.0 Å². The SMILES string of the molecule is CCNC(=NCC(c1cnn(C)c1)N(C)C)NC1CCN(CC(F)F)CC1.I. The molecule has 0 aliphatic carbocycles. The normalized spacial score (nSPS) is 17.6. The largest absolute Gasteiger partial charge is 0.357 e. The predicted octanol–water partition coefficient (Wildman–Crippen LogP) is 1.93. The molecule has 1 saturated heterocycles. The second kappa shape index (κ2) is 12.5. The Morgan fingerprint density at radius 1 is 1.36 bits per heavy atom. The van der Waals surface area contributed by atoms with Gasteiger partial charge in [-0.05, 0) is 33.9 Å². The van der Waals surface area contributed by atoms with Crippen molar-refractivity contribution in [2.45, 2.75) is 38.3 Å². The van der Waals surface area contributed by atoms with E-state index in [2.05, 4.69) is 20.6 Å². The van der Waals surface area contributed by atoms with E-state index in [1.807, 2.05) is 45.4 Å². The molecule has 1 unspecified atom stereocenters. The van der Waals surface area contributed by atoms with Crippen molar-refractivity contribution >= 4 is 29.9 Å². The van der Waals surface area contributed by atoms with Crippen LogP contribution in [0.3, 0.4) is 0 Å². The van der Waals surface area contributed by atoms with Crippen molar-refractivity contribution in [3.8, 4) is 0 Å². The molecule has 0 spiro atoms. The van der Waals surface area contributed by atoms with E-state index in [4.69, 9.17) is 4.99 Å². The number of aryl methyl sites for hydroxylation is 1. The van der Waals surface area contributed by atoms with Gasteiger partial charge in [0.15, 0.2) is 5.96 Å². The molecule has 1 aromatic rings. The topological polar surface area (TPSA) is 60.7 Å². The van der Waals surface area contributed by atoms with E-state index < -0.39 is 6.43 Å². The standard InChI is InChI=1S/C18H33F2N7.HI/c1-5-21-18(24-15-6-8-27(9-7-15)13-17(19)20)22-11-16(25(2)3)14-10-23-26(4)12-14;/h10,12,15-17H,5-9,11,13H2,1-4H3,(H2,21,22,24);1H. The summed E-state index contributed by atoms with van der Waals surface area (Å²) in [4.78, 5) is 8.73. The zero-order valence-electron chi connectivity index (χ0n) is 17.2. The maximum absolute atomic E-state index is 12.5. The van der Waals surface area contributed by atoms with Crippen LogP contribution in [0.2, 0.25) is 0 Å². The number of hydrogen-bond acceptors (Lipinski definition) is 4. The Morgan fingerprint density at radius 2 is 2.04 bits per heavy atom. The molecular formula is C18H34F2IN7. The van der Waals surface area contributed by atoms with Crippen LogP contribution < -0.4 is 10.6 Å². The minimum Gasteiger partial charge on any atom is -0.357 e. The Morgan fingerprint density at radius 3 is 2.54 bits per heavy atom. The van der Waals surface area contributed by atoms with Crippen molar-refractivity contribution in [2.75, 3.05) is 46.8 Å². The van der Waals surface area contributed by atoms with Gasteiger partial charge in [0, 0.05) is 44.5 Å². The van der Waals surface area contributed by atoms with Crippen molar-refractivity contribution in [3.63, 3.8) is 0 Å². The van der Waals surface area contributed by atoms with E-state index in [0.29, 0.717) is 19.6 Å². The van der Waals surface area contributed by atoms with Crippen molar-refractivity contribution in [1.29, 1.82) is 0 Å². The Labute approximate surface area is 183 Å². The van der Waals surface area contributed by atoms with E-state index in [-0.39, 0.29) is 42.6 Å². The minimum absolute atomic E-state index is 0. The number of guanidine groups is 1. The van der Waals surface area contributed by atoms with Gasteiger partial charge in [0.25, 0.3) is 6.43 Å². The van der Waals surface area contributed by atoms with Gasteiger partial charge in [-0.3, -0.25) is 14.6 Å². The lowest BCUT2D eigenvalue weighted by Gasteiger charge is -2.33. The van der Waals surface area contributed by atoms with Gasteiger partial charge >= 0.3 is 0 Å². The highest BCUT2D eigenvalue weighted by Crippen LogP contribution is 2.18. The summed E-state index contributed by atoms with van der Waals surface area (Å²) in [6.07, 6.45) is 3.32. The third kappa shape index (κ3) is 8.16. The van der Waals surface area contributed by atoms with Crippen LogP contribution in [0.25, 0.3) is 0 Å². The van der Waals surface area contributed by atoms with E-state index >= 15 is 0 Å². The fourth-order valence-corrected chi connectivity index (χ4v) is 3.33. The van der Waals surface area contributed by atoms with Gasteiger partial charge in [-0.1, -0.05) is 0 Å². The molecule has 1 aliphatic rings. The van der Waals surface area contributed by atoms with E-state index in [1.54, 1.807) is 4.68 Å². The van der Waals surface area contributed by atoms with Crippen molar-refractivity contribution < 1.29 is 8.78 Å². The summed E-state index contributed by atoms with van der Waals surface area (Å²) in [6.45, 7) is 4.67. The van der Waals surface area contributed by atoms with Gasteiger partial charge in [0.05, 0.1) is 25.3 Å². The number of aliphatic imine (C=N–C) groups is 1. The van der Waals surface area contributed by atoms with Gasteiger partial charge in [-0.2, -0.15) is 5.10 Å². The van der Waals surface area contributed by atoms with Crippen LogP contribution in [0, 0.1) is 0 Å². The van der Waals surface area contributed by atoms with Crippen molar-refractivity contribution in [3.05, 3.63) is 18.0 Å². The molecule has 0 aromatic carbocycles. The number of alkyl halides is 2. The lowest BCUT2D eigenvalue weighted by Crippen LogP contribution is -2.49. The molecule has 162 valence electrons. The third-order valence-corrected chi connectivity index (χ3v) is 4.82. The number of nitrogens with zero attached hydrogens (tertiary/aromatic N) is 5. The molecule has 0 saturated carbocycles. The second-order valence-electron chi connectivity index (χ2n) is 7.26. The minimum atomic E-state index is -2.26. The summed E-state index contributed by atoms with van der Waals surface area (Å²) in [5.41, 5.74) is 1.13. The molecule has 7 nitrogen and oxygen atoms in total. The molecule has 1 aliphatic heterocycles. The van der Waals surface area contributed by atoms with Gasteiger partial charge < -0.3 is 15.5 Å². The fourth-order valence-electron chi connectivity index (χ4n) is 3.33. The van der Waals surface area contributed by atoms with Crippen LogP contribution in [0.4, 0.5) is 8.78 Å². The summed E-state index contributed by atoms with van der Waals surface area (Å²) in [5.74, 6) is 0.778. The number of likely N-dealkylation sites (N-methyl/N-ethyl adjacent to an activating group) is 1. The van der Waals surface area contributed by atoms with Crippen LogP contribution in [-0.4, -0.2) is 84.8 Å². The molecule has 1 aromatic heterocycles. The molecule has 2 N–H and O–H groups in total. The lowest BCUT2D eigenvalue weighted by molar-refractivity contribution is 0.0744. The maximum atomic E-state index is 12.5. The van der Waals surface area contributed by atoms with Crippen molar-refractivity contribution in [1.82, 2.24) is 30.2 Å². The molecule has 2 heterocycles. The third-order valence-electron chi connectivity index (χ3n) is 4.82. The molecule has 1 atom stereocenters. The molecule has 10 heteroatoms. The van der Waals surface area contributed by atoms with Crippen LogP contribution in [0.5, 0.6) is 0 Å². The monoisotopic (exact) mass is 513 g/mol. The first-order valence-corrected chi connectivity index (χ1v) is 9.59. The quantitative estimate of drug-likeness (QED) is 0.316. The van der Waals surface area contributed by atoms with E-state index in [9.17, 15) is 8.78 Å². The summed E-state index contributed by atoms with van der Waals surface area (Å²) in [6, 6.07) is 0.398. The Hall–Kier alpha value is -1.01. The molecule has 1 fully saturated rings. The fraction of sp³-hybridized carbons (Fsp3) is 0.778. The first-order chi connectivity index (χ1) is 12.9. The molecule has 2 rings (SSSR count). The van der Waals surface area contributed by atoms with Gasteiger partial charge in [-0.25, -0.2) is 8.78 Å². The van der Waals surface area contributed by atoms with Crippen LogP contribution in [0.15, 0.2) is 17.4 Å². The number of hydrogen-bond donors (Lipinski definition) is 2. The number of halogens is 3. The van der Waals surface area contributed by atoms with E-state index in [1.165, 1.54) is 0 Å². The smallest absolute Gasteiger partial charge is 0.251 e. The highest BCUT2D eigenvalue weighted by atomic mass is 127. The highest BCUT2D eigenvalue weighted by Gasteiger charge is 2.22. The van der Waals surface area contributed by atoms with Crippen molar-refractivity contribution in [2.24, 2.45) is 12.0 Å². The molecule has 0 bridgehead atoms. The lowest BCUT2D eigenvalue weighted by atomic mass is 10.1. The number of aromatic nitrogens is 2.